The van der Waals surface area contributed by atoms with Crippen molar-refractivity contribution in [2.75, 3.05) is 5.21 Å². The van der Waals surface area contributed by atoms with Crippen molar-refractivity contribution in [1.29, 1.82) is 0 Å². The average molecular weight is 331 g/mol. The summed E-state index contributed by atoms with van der Waals surface area (Å²) in [6, 6.07) is 2.57. The predicted molar refractivity (Wildman–Crippen MR) is 64.1 cm³/mol. The quantitative estimate of drug-likeness (QED) is 0.475. The fraction of sp³-hybridized carbons (Fsp3) is 0.143. The maximum Gasteiger partial charge on any atom is 1.00 e. The molecule has 0 fully saturated rings. The number of nitrogens with zero attached hydrogens (tertiary/aromatic N) is 1. The monoisotopic (exact) mass is 329 g/mol. The van der Waals surface area contributed by atoms with E-state index in [1.54, 1.807) is 0 Å². The van der Waals surface area contributed by atoms with E-state index in [-0.39, 0.29) is 50.3 Å². The van der Waals surface area contributed by atoms with Crippen molar-refractivity contribution in [3.05, 3.63) is 31.9 Å². The summed E-state index contributed by atoms with van der Waals surface area (Å²) in [5.74, 6) is 0. The normalized spacial score (nSPS) is 10.8. The minimum atomic E-state index is -3.72. The minimum Gasteiger partial charge on any atom is -0.575 e. The number of hydrogen-bond donors (Lipinski definition) is 0. The topological polar surface area (TPSA) is 48.2 Å². The first kappa shape index (κ1) is 17.1. The predicted octanol–water partition coefficient (Wildman–Crippen LogP) is 1.18. The first-order valence-electron chi connectivity index (χ1n) is 3.52. The summed E-state index contributed by atoms with van der Waals surface area (Å²) < 4.78 is 25.5. The fourth-order valence-corrected chi connectivity index (χ4v) is 2.04. The molecule has 0 bridgehead atoms. The van der Waals surface area contributed by atoms with Crippen molar-refractivity contribution < 1.29 is 38.0 Å². The van der Waals surface area contributed by atoms with E-state index in [4.69, 9.17) is 46.4 Å². The van der Waals surface area contributed by atoms with Crippen molar-refractivity contribution in [1.82, 2.24) is 0 Å². The second kappa shape index (κ2) is 6.90. The Morgan fingerprint density at radius 1 is 1.06 bits per heavy atom. The molecule has 3 nitrogen and oxygen atoms in total. The number of alkyl halides is 1. The van der Waals surface area contributed by atoms with Gasteiger partial charge in [-0.05, 0) is 6.07 Å². The zero-order chi connectivity index (χ0) is 11.6. The molecule has 0 amide bonds. The van der Waals surface area contributed by atoms with Gasteiger partial charge in [0, 0.05) is 5.02 Å². The molecule has 9 heteroatoms. The molecule has 0 spiro atoms. The van der Waals surface area contributed by atoms with Gasteiger partial charge in [0.2, 0.25) is 0 Å². The van der Waals surface area contributed by atoms with Crippen molar-refractivity contribution in [3.63, 3.8) is 0 Å². The van der Waals surface area contributed by atoms with Crippen LogP contribution in [-0.4, -0.2) is 13.6 Å². The van der Waals surface area contributed by atoms with Gasteiger partial charge in [0.05, 0.1) is 10.0 Å². The van der Waals surface area contributed by atoms with Gasteiger partial charge in [-0.2, -0.15) is 0 Å². The Labute approximate surface area is 136 Å². The van der Waals surface area contributed by atoms with E-state index in [1.807, 2.05) is 0 Å². The molecule has 0 N–H and O–H groups in total. The molecule has 0 aromatic heterocycles. The van der Waals surface area contributed by atoms with Crippen LogP contribution in [0.1, 0.15) is 0 Å². The summed E-state index contributed by atoms with van der Waals surface area (Å²) in [6.45, 7) is 0. The van der Waals surface area contributed by atoms with Crippen LogP contribution in [0, 0.1) is 0 Å². The van der Waals surface area contributed by atoms with Gasteiger partial charge in [-0.1, -0.05) is 40.9 Å². The SMILES string of the molecule is O=S(=O)(CCl)[N-]c1cc(Cl)c(Cl)cc1Cl.[Na+]. The Morgan fingerprint density at radius 2 is 1.56 bits per heavy atom. The van der Waals surface area contributed by atoms with E-state index in [0.29, 0.717) is 0 Å². The first-order valence-corrected chi connectivity index (χ1v) is 6.79. The van der Waals surface area contributed by atoms with E-state index in [0.717, 1.165) is 0 Å². The molecule has 0 aliphatic heterocycles. The van der Waals surface area contributed by atoms with E-state index < -0.39 is 15.2 Å². The van der Waals surface area contributed by atoms with Crippen molar-refractivity contribution >= 4 is 62.1 Å². The average Bonchev–Trinajstić information content (AvgIpc) is 2.14. The maximum absolute atomic E-state index is 11.1. The Morgan fingerprint density at radius 3 is 2.06 bits per heavy atom. The zero-order valence-corrected chi connectivity index (χ0v) is 13.9. The summed E-state index contributed by atoms with van der Waals surface area (Å²) in [4.78, 5) is 0. The van der Waals surface area contributed by atoms with Crippen molar-refractivity contribution in [3.8, 4) is 0 Å². The zero-order valence-electron chi connectivity index (χ0n) is 8.05. The minimum absolute atomic E-state index is 0. The molecule has 0 aliphatic rings. The number of rotatable bonds is 3. The van der Waals surface area contributed by atoms with Crippen LogP contribution >= 0.6 is 46.4 Å². The number of benzene rings is 1. The van der Waals surface area contributed by atoms with E-state index in [9.17, 15) is 8.42 Å². The Bertz CT molecular complexity index is 480. The Kier molecular flexibility index (Phi) is 7.39. The van der Waals surface area contributed by atoms with Crippen LogP contribution in [-0.2, 0) is 10.0 Å². The van der Waals surface area contributed by atoms with Gasteiger partial charge in [0.25, 0.3) is 0 Å². The summed E-state index contributed by atoms with van der Waals surface area (Å²) in [5.41, 5.74) is 0.0201. The van der Waals surface area contributed by atoms with Gasteiger partial charge in [0.1, 0.15) is 15.2 Å². The summed E-state index contributed by atoms with van der Waals surface area (Å²) >= 11 is 22.2. The smallest absolute Gasteiger partial charge is 0.575 e. The van der Waals surface area contributed by atoms with Crippen molar-refractivity contribution in [2.45, 2.75) is 0 Å². The summed E-state index contributed by atoms with van der Waals surface area (Å²) in [6.07, 6.45) is 0. The molecule has 1 aromatic carbocycles. The summed E-state index contributed by atoms with van der Waals surface area (Å²) in [7, 11) is -3.72. The van der Waals surface area contributed by atoms with Gasteiger partial charge >= 0.3 is 29.6 Å². The molecule has 1 aromatic rings. The van der Waals surface area contributed by atoms with E-state index in [2.05, 4.69) is 4.72 Å². The van der Waals surface area contributed by atoms with Gasteiger partial charge < -0.3 is 4.72 Å². The molecule has 0 atom stereocenters. The molecule has 0 unspecified atom stereocenters. The van der Waals surface area contributed by atoms with Crippen LogP contribution in [0.15, 0.2) is 12.1 Å². The molecule has 0 aliphatic carbocycles. The molecule has 0 radical (unpaired) electrons. The second-order valence-electron chi connectivity index (χ2n) is 2.50. The van der Waals surface area contributed by atoms with E-state index in [1.165, 1.54) is 12.1 Å². The summed E-state index contributed by atoms with van der Waals surface area (Å²) in [5, 5.41) is -0.129. The Balaban J connectivity index is 0.00000225. The van der Waals surface area contributed by atoms with Crippen LogP contribution in [0.5, 0.6) is 0 Å². The first-order chi connectivity index (χ1) is 6.85. The second-order valence-corrected chi connectivity index (χ2v) is 5.94. The van der Waals surface area contributed by atoms with Crippen LogP contribution in [0.3, 0.4) is 0 Å². The molecule has 16 heavy (non-hydrogen) atoms. The van der Waals surface area contributed by atoms with Gasteiger partial charge in [-0.25, -0.2) is 8.42 Å². The standard InChI is InChI=1S/C7H4Cl4NO2S.Na/c8-3-15(13,14)12-7-2-5(10)4(9)1-6(7)11;/h1-2H,3H2;/q-1;+1. The van der Waals surface area contributed by atoms with Gasteiger partial charge in [0.15, 0.2) is 0 Å². The van der Waals surface area contributed by atoms with Crippen LogP contribution in [0.4, 0.5) is 5.69 Å². The van der Waals surface area contributed by atoms with Crippen LogP contribution in [0.2, 0.25) is 15.1 Å². The number of sulfonamides is 1. The number of halogens is 4. The third-order valence-electron chi connectivity index (χ3n) is 1.37. The maximum atomic E-state index is 11.1. The van der Waals surface area contributed by atoms with Crippen LogP contribution in [0.25, 0.3) is 4.72 Å². The number of hydrogen-bond acceptors (Lipinski definition) is 2. The molecular formula is C7H4Cl4NNaO2S. The molecule has 1 rings (SSSR count). The largest absolute Gasteiger partial charge is 1.00 e. The van der Waals surface area contributed by atoms with E-state index >= 15 is 0 Å². The van der Waals surface area contributed by atoms with Gasteiger partial charge in [-0.3, -0.25) is 0 Å². The third kappa shape index (κ3) is 4.78. The van der Waals surface area contributed by atoms with Crippen molar-refractivity contribution in [2.24, 2.45) is 0 Å². The molecule has 0 heterocycles. The van der Waals surface area contributed by atoms with Gasteiger partial charge in [-0.15, -0.1) is 17.3 Å². The fourth-order valence-electron chi connectivity index (χ4n) is 0.756. The molecule has 84 valence electrons. The molecule has 0 saturated carbocycles. The third-order valence-corrected chi connectivity index (χ3v) is 3.97. The Hall–Kier alpha value is 1.13. The van der Waals surface area contributed by atoms with Crippen LogP contribution < -0.4 is 29.6 Å². The molecular weight excluding hydrogens is 327 g/mol. The molecule has 0 saturated heterocycles.